The predicted molar refractivity (Wildman–Crippen MR) is 65.2 cm³/mol. The van der Waals surface area contributed by atoms with E-state index in [1.54, 1.807) is 0 Å². The maximum absolute atomic E-state index is 12.1. The minimum absolute atomic E-state index is 0.147. The SMILES string of the molecule is CC1CN(CCN(C)C)C(=O)C(CN)N1C. The van der Waals surface area contributed by atoms with E-state index in [9.17, 15) is 4.79 Å². The molecule has 1 saturated heterocycles. The molecular weight excluding hydrogens is 204 g/mol. The van der Waals surface area contributed by atoms with Crippen LogP contribution in [0.1, 0.15) is 6.92 Å². The third kappa shape index (κ3) is 2.93. The van der Waals surface area contributed by atoms with E-state index in [4.69, 9.17) is 5.73 Å². The Morgan fingerprint density at radius 3 is 2.62 bits per heavy atom. The molecule has 1 aliphatic heterocycles. The van der Waals surface area contributed by atoms with Crippen LogP contribution in [0.5, 0.6) is 0 Å². The summed E-state index contributed by atoms with van der Waals surface area (Å²) < 4.78 is 0. The van der Waals surface area contributed by atoms with Gasteiger partial charge in [0, 0.05) is 32.2 Å². The monoisotopic (exact) mass is 228 g/mol. The molecule has 2 unspecified atom stereocenters. The Hall–Kier alpha value is -0.650. The number of nitrogens with zero attached hydrogens (tertiary/aromatic N) is 3. The molecule has 2 N–H and O–H groups in total. The number of nitrogens with two attached hydrogens (primary N) is 1. The first kappa shape index (κ1) is 13.4. The van der Waals surface area contributed by atoms with Gasteiger partial charge in [-0.05, 0) is 28.1 Å². The third-order valence-electron chi connectivity index (χ3n) is 3.31. The van der Waals surface area contributed by atoms with Gasteiger partial charge in [-0.25, -0.2) is 0 Å². The van der Waals surface area contributed by atoms with E-state index in [1.807, 2.05) is 26.0 Å². The van der Waals surface area contributed by atoms with Gasteiger partial charge in [0.1, 0.15) is 6.04 Å². The summed E-state index contributed by atoms with van der Waals surface area (Å²) >= 11 is 0. The summed E-state index contributed by atoms with van der Waals surface area (Å²) in [6.45, 7) is 5.04. The van der Waals surface area contributed by atoms with Crippen LogP contribution in [-0.4, -0.2) is 80.0 Å². The molecule has 0 aromatic carbocycles. The lowest BCUT2D eigenvalue weighted by Crippen LogP contribution is -2.62. The molecule has 5 heteroatoms. The van der Waals surface area contributed by atoms with Gasteiger partial charge in [0.15, 0.2) is 0 Å². The number of carbonyl (C=O) groups excluding carboxylic acids is 1. The maximum atomic E-state index is 12.1. The second-order valence-corrected chi connectivity index (χ2v) is 4.85. The smallest absolute Gasteiger partial charge is 0.241 e. The van der Waals surface area contributed by atoms with E-state index in [2.05, 4.69) is 16.7 Å². The standard InChI is InChI=1S/C11H24N4O/c1-9-8-15(6-5-13(2)3)11(16)10(7-12)14(9)4/h9-10H,5-8,12H2,1-4H3. The molecule has 1 fully saturated rings. The molecule has 1 amide bonds. The van der Waals surface area contributed by atoms with Crippen LogP contribution in [0.2, 0.25) is 0 Å². The number of hydrogen-bond donors (Lipinski definition) is 1. The van der Waals surface area contributed by atoms with Gasteiger partial charge in [0.05, 0.1) is 0 Å². The van der Waals surface area contributed by atoms with E-state index >= 15 is 0 Å². The molecular formula is C11H24N4O. The topological polar surface area (TPSA) is 52.8 Å². The normalized spacial score (nSPS) is 27.9. The average molecular weight is 228 g/mol. The van der Waals surface area contributed by atoms with Crippen molar-refractivity contribution in [2.45, 2.75) is 19.0 Å². The summed E-state index contributed by atoms with van der Waals surface area (Å²) in [5.41, 5.74) is 5.66. The molecule has 16 heavy (non-hydrogen) atoms. The molecule has 1 aliphatic rings. The molecule has 0 aromatic heterocycles. The maximum Gasteiger partial charge on any atom is 0.241 e. The van der Waals surface area contributed by atoms with Gasteiger partial charge in [-0.15, -0.1) is 0 Å². The van der Waals surface area contributed by atoms with Crippen LogP contribution in [-0.2, 0) is 4.79 Å². The highest BCUT2D eigenvalue weighted by molar-refractivity contribution is 5.83. The molecule has 1 rings (SSSR count). The zero-order chi connectivity index (χ0) is 12.3. The summed E-state index contributed by atoms with van der Waals surface area (Å²) in [6.07, 6.45) is 0. The van der Waals surface area contributed by atoms with Gasteiger partial charge in [-0.1, -0.05) is 0 Å². The molecule has 0 bridgehead atoms. The van der Waals surface area contributed by atoms with Crippen molar-refractivity contribution in [2.75, 3.05) is 47.3 Å². The molecule has 1 heterocycles. The van der Waals surface area contributed by atoms with Crippen molar-refractivity contribution in [3.05, 3.63) is 0 Å². The molecule has 94 valence electrons. The second-order valence-electron chi connectivity index (χ2n) is 4.85. The lowest BCUT2D eigenvalue weighted by atomic mass is 10.1. The lowest BCUT2D eigenvalue weighted by molar-refractivity contribution is -0.143. The summed E-state index contributed by atoms with van der Waals surface area (Å²) in [5.74, 6) is 0.171. The largest absolute Gasteiger partial charge is 0.338 e. The minimum Gasteiger partial charge on any atom is -0.338 e. The Bertz CT molecular complexity index is 244. The van der Waals surface area contributed by atoms with Gasteiger partial charge < -0.3 is 15.5 Å². The van der Waals surface area contributed by atoms with Crippen LogP contribution in [0, 0.1) is 0 Å². The van der Waals surface area contributed by atoms with Crippen molar-refractivity contribution in [3.63, 3.8) is 0 Å². The van der Waals surface area contributed by atoms with Gasteiger partial charge in [-0.3, -0.25) is 9.69 Å². The zero-order valence-corrected chi connectivity index (χ0v) is 10.8. The zero-order valence-electron chi connectivity index (χ0n) is 10.8. The first-order valence-electron chi connectivity index (χ1n) is 5.83. The van der Waals surface area contributed by atoms with Crippen molar-refractivity contribution < 1.29 is 4.79 Å². The summed E-state index contributed by atoms with van der Waals surface area (Å²) in [7, 11) is 6.01. The molecule has 0 aromatic rings. The minimum atomic E-state index is -0.147. The van der Waals surface area contributed by atoms with E-state index in [0.29, 0.717) is 12.6 Å². The highest BCUT2D eigenvalue weighted by Gasteiger charge is 2.35. The number of carbonyl (C=O) groups is 1. The van der Waals surface area contributed by atoms with Crippen molar-refractivity contribution >= 4 is 5.91 Å². The summed E-state index contributed by atoms with van der Waals surface area (Å²) in [6, 6.07) is 0.235. The highest BCUT2D eigenvalue weighted by atomic mass is 16.2. The second kappa shape index (κ2) is 5.61. The van der Waals surface area contributed by atoms with Crippen molar-refractivity contribution in [3.8, 4) is 0 Å². The molecule has 0 saturated carbocycles. The lowest BCUT2D eigenvalue weighted by Gasteiger charge is -2.42. The van der Waals surface area contributed by atoms with Gasteiger partial charge in [0.25, 0.3) is 0 Å². The van der Waals surface area contributed by atoms with Crippen molar-refractivity contribution in [1.82, 2.24) is 14.7 Å². The Balaban J connectivity index is 2.61. The van der Waals surface area contributed by atoms with Crippen LogP contribution < -0.4 is 5.73 Å². The van der Waals surface area contributed by atoms with Crippen LogP contribution in [0.25, 0.3) is 0 Å². The molecule has 2 atom stereocenters. The quantitative estimate of drug-likeness (QED) is 0.673. The van der Waals surface area contributed by atoms with E-state index < -0.39 is 0 Å². The Labute approximate surface area is 98.2 Å². The highest BCUT2D eigenvalue weighted by Crippen LogP contribution is 2.14. The number of piperazine rings is 1. The number of likely N-dealkylation sites (N-methyl/N-ethyl adjacent to an activating group) is 2. The third-order valence-corrected chi connectivity index (χ3v) is 3.31. The predicted octanol–water partition coefficient (Wildman–Crippen LogP) is -0.962. The van der Waals surface area contributed by atoms with Gasteiger partial charge in [0.2, 0.25) is 5.91 Å². The van der Waals surface area contributed by atoms with Crippen LogP contribution in [0.15, 0.2) is 0 Å². The number of hydrogen-bond acceptors (Lipinski definition) is 4. The first-order valence-corrected chi connectivity index (χ1v) is 5.83. The van der Waals surface area contributed by atoms with Gasteiger partial charge >= 0.3 is 0 Å². The van der Waals surface area contributed by atoms with Crippen LogP contribution in [0.4, 0.5) is 0 Å². The molecule has 0 radical (unpaired) electrons. The van der Waals surface area contributed by atoms with E-state index in [1.165, 1.54) is 0 Å². The van der Waals surface area contributed by atoms with Crippen molar-refractivity contribution in [2.24, 2.45) is 5.73 Å². The Morgan fingerprint density at radius 2 is 2.12 bits per heavy atom. The Morgan fingerprint density at radius 1 is 1.50 bits per heavy atom. The Kier molecular flexibility index (Phi) is 4.70. The fourth-order valence-electron chi connectivity index (χ4n) is 2.02. The van der Waals surface area contributed by atoms with E-state index in [0.717, 1.165) is 19.6 Å². The molecule has 5 nitrogen and oxygen atoms in total. The molecule has 0 spiro atoms. The van der Waals surface area contributed by atoms with Gasteiger partial charge in [-0.2, -0.15) is 0 Å². The number of rotatable bonds is 4. The first-order chi connectivity index (χ1) is 7.47. The summed E-state index contributed by atoms with van der Waals surface area (Å²) in [5, 5.41) is 0. The number of amides is 1. The fraction of sp³-hybridized carbons (Fsp3) is 0.909. The van der Waals surface area contributed by atoms with Crippen molar-refractivity contribution in [1.29, 1.82) is 0 Å². The summed E-state index contributed by atoms with van der Waals surface area (Å²) in [4.78, 5) is 18.2. The fourth-order valence-corrected chi connectivity index (χ4v) is 2.02. The average Bonchev–Trinajstić information content (AvgIpc) is 2.22. The van der Waals surface area contributed by atoms with E-state index in [-0.39, 0.29) is 11.9 Å². The van der Waals surface area contributed by atoms with Crippen LogP contribution >= 0.6 is 0 Å². The molecule has 0 aliphatic carbocycles. The van der Waals surface area contributed by atoms with Crippen LogP contribution in [0.3, 0.4) is 0 Å².